The molecule has 113 valence electrons. The number of aromatic nitrogens is 2. The topological polar surface area (TPSA) is 25.8 Å². The average Bonchev–Trinajstić information content (AvgIpc) is 2.90. The summed E-state index contributed by atoms with van der Waals surface area (Å²) in [6, 6.07) is 4.12. The van der Waals surface area contributed by atoms with Crippen LogP contribution in [0.4, 0.5) is 0 Å². The third kappa shape index (κ3) is 4.78. The van der Waals surface area contributed by atoms with Gasteiger partial charge in [-0.3, -0.25) is 0 Å². The van der Waals surface area contributed by atoms with Gasteiger partial charge >= 0.3 is 140 Å². The van der Waals surface area contributed by atoms with Gasteiger partial charge in [0.25, 0.3) is 0 Å². The summed E-state index contributed by atoms with van der Waals surface area (Å²) in [6.07, 6.45) is 9.21. The molecule has 2 aromatic rings. The minimum atomic E-state index is -1.47. The maximum atomic E-state index is 4.85. The van der Waals surface area contributed by atoms with Crippen molar-refractivity contribution in [1.29, 1.82) is 0 Å². The number of aryl methyl sites for hydroxylation is 1. The van der Waals surface area contributed by atoms with E-state index in [0.29, 0.717) is 0 Å². The molecule has 4 heteroatoms. The van der Waals surface area contributed by atoms with Crippen molar-refractivity contribution in [2.24, 2.45) is 0 Å². The van der Waals surface area contributed by atoms with Gasteiger partial charge in [0.05, 0.1) is 0 Å². The Hall–Kier alpha value is -0.421. The second-order valence-corrected chi connectivity index (χ2v) is 15.2. The van der Waals surface area contributed by atoms with E-state index < -0.39 is 19.8 Å². The fourth-order valence-corrected chi connectivity index (χ4v) is 14.9. The van der Waals surface area contributed by atoms with E-state index in [4.69, 9.17) is 4.98 Å². The molecule has 2 nitrogen and oxygen atoms in total. The summed E-state index contributed by atoms with van der Waals surface area (Å²) in [5.41, 5.74) is 2.48. The predicted molar refractivity (Wildman–Crippen MR) is 94.9 cm³/mol. The molecule has 0 atom stereocenters. The Kier molecular flexibility index (Phi) is 7.17. The van der Waals surface area contributed by atoms with Crippen LogP contribution in [0.2, 0.25) is 8.87 Å². The van der Waals surface area contributed by atoms with Crippen LogP contribution in [-0.2, 0) is 0 Å². The monoisotopic (exact) mass is 409 g/mol. The summed E-state index contributed by atoms with van der Waals surface area (Å²) in [4.78, 5) is 9.07. The first-order valence-electron chi connectivity index (χ1n) is 7.99. The Balaban J connectivity index is 2.22. The number of pyridine rings is 1. The van der Waals surface area contributed by atoms with Gasteiger partial charge in [0.15, 0.2) is 0 Å². The first-order valence-corrected chi connectivity index (χ1v) is 14.3. The molecule has 0 unspecified atom stereocenters. The Morgan fingerprint density at radius 3 is 2.43 bits per heavy atom. The van der Waals surface area contributed by atoms with Gasteiger partial charge in [-0.25, -0.2) is 0 Å². The molecule has 2 heterocycles. The molecule has 0 aliphatic carbocycles. The number of rotatable bonds is 8. The molecule has 0 aliphatic heterocycles. The third-order valence-corrected chi connectivity index (χ3v) is 15.8. The third-order valence-electron chi connectivity index (χ3n) is 3.69. The molecule has 0 bridgehead atoms. The van der Waals surface area contributed by atoms with Gasteiger partial charge in [0.1, 0.15) is 0 Å². The molecule has 0 N–H and O–H groups in total. The van der Waals surface area contributed by atoms with Gasteiger partial charge < -0.3 is 0 Å². The van der Waals surface area contributed by atoms with Crippen molar-refractivity contribution in [2.75, 3.05) is 0 Å². The van der Waals surface area contributed by atoms with Crippen LogP contribution in [0.3, 0.4) is 0 Å². The van der Waals surface area contributed by atoms with E-state index in [0.717, 1.165) is 0 Å². The number of hydrogen-bond acceptors (Lipinski definition) is 3. The van der Waals surface area contributed by atoms with Crippen molar-refractivity contribution >= 4 is 34.0 Å². The molecule has 0 saturated carbocycles. The first-order chi connectivity index (χ1) is 10.3. The summed E-state index contributed by atoms with van der Waals surface area (Å²) < 4.78 is 4.68. The van der Waals surface area contributed by atoms with Crippen molar-refractivity contribution in [3.8, 4) is 10.6 Å². The van der Waals surface area contributed by atoms with Crippen LogP contribution in [0, 0.1) is 6.92 Å². The summed E-state index contributed by atoms with van der Waals surface area (Å²) in [6.45, 7) is 6.83. The SMILES string of the molecule is CCC[CH2][Sn]([CH2]CCC)[c]1sc(-c2cccnc2)nc1C. The van der Waals surface area contributed by atoms with Gasteiger partial charge in [-0.2, -0.15) is 0 Å². The van der Waals surface area contributed by atoms with E-state index >= 15 is 0 Å². The molecule has 0 saturated heterocycles. The molecule has 1 radical (unpaired) electrons. The van der Waals surface area contributed by atoms with Crippen LogP contribution in [0.5, 0.6) is 0 Å². The van der Waals surface area contributed by atoms with Crippen molar-refractivity contribution in [3.05, 3.63) is 30.2 Å². The Bertz CT molecular complexity index is 531. The number of unbranched alkanes of at least 4 members (excludes halogenated alkanes) is 2. The molecular formula is C17H25N2SSn. The zero-order valence-corrected chi connectivity index (χ0v) is 17.0. The quantitative estimate of drug-likeness (QED) is 0.586. The van der Waals surface area contributed by atoms with E-state index in [2.05, 4.69) is 31.8 Å². The Morgan fingerprint density at radius 2 is 1.86 bits per heavy atom. The molecule has 21 heavy (non-hydrogen) atoms. The van der Waals surface area contributed by atoms with Gasteiger partial charge in [-0.1, -0.05) is 0 Å². The summed E-state index contributed by atoms with van der Waals surface area (Å²) >= 11 is 0.491. The number of thiazole rings is 1. The van der Waals surface area contributed by atoms with E-state index in [1.54, 1.807) is 2.89 Å². The van der Waals surface area contributed by atoms with Crippen molar-refractivity contribution in [3.63, 3.8) is 0 Å². The molecule has 0 amide bonds. The molecule has 0 aliphatic rings. The van der Waals surface area contributed by atoms with Crippen molar-refractivity contribution in [2.45, 2.75) is 55.3 Å². The molecule has 0 aromatic carbocycles. The second kappa shape index (κ2) is 8.89. The molecule has 2 aromatic heterocycles. The molecule has 0 fully saturated rings. The van der Waals surface area contributed by atoms with Gasteiger partial charge in [0, 0.05) is 0 Å². The second-order valence-electron chi connectivity index (χ2n) is 5.49. The summed E-state index contributed by atoms with van der Waals surface area (Å²) in [5, 5.41) is 1.17. The number of hydrogen-bond donors (Lipinski definition) is 0. The minimum absolute atomic E-state index is 1.17. The molecular weight excluding hydrogens is 383 g/mol. The van der Waals surface area contributed by atoms with Crippen LogP contribution < -0.4 is 2.89 Å². The number of nitrogens with zero attached hydrogens (tertiary/aromatic N) is 2. The summed E-state index contributed by atoms with van der Waals surface area (Å²) in [7, 11) is 0. The van der Waals surface area contributed by atoms with Crippen molar-refractivity contribution in [1.82, 2.24) is 9.97 Å². The van der Waals surface area contributed by atoms with Crippen LogP contribution >= 0.6 is 11.3 Å². The Morgan fingerprint density at radius 1 is 1.14 bits per heavy atom. The van der Waals surface area contributed by atoms with E-state index in [1.165, 1.54) is 50.8 Å². The van der Waals surface area contributed by atoms with Gasteiger partial charge in [-0.05, 0) is 0 Å². The molecule has 2 rings (SSSR count). The average molecular weight is 408 g/mol. The van der Waals surface area contributed by atoms with E-state index in [-0.39, 0.29) is 0 Å². The first kappa shape index (κ1) is 16.9. The normalized spacial score (nSPS) is 11.2. The Labute approximate surface area is 139 Å². The zero-order valence-electron chi connectivity index (χ0n) is 13.4. The van der Waals surface area contributed by atoms with Gasteiger partial charge in [0.2, 0.25) is 0 Å². The molecule has 0 spiro atoms. The van der Waals surface area contributed by atoms with Crippen LogP contribution in [0.1, 0.15) is 45.2 Å². The van der Waals surface area contributed by atoms with E-state index in [1.807, 2.05) is 29.8 Å². The zero-order chi connectivity index (χ0) is 15.1. The fraction of sp³-hybridized carbons (Fsp3) is 0.529. The maximum absolute atomic E-state index is 4.85. The standard InChI is InChI=1S/C9H7N2S.2C4H9.Sn/c1-7-6-12-9(11-7)8-3-2-4-10-5-8;2*1-3-4-2;/h2-5H,1H3;2*1,3-4H2,2H3;. The van der Waals surface area contributed by atoms with Crippen LogP contribution in [-0.4, -0.2) is 29.7 Å². The predicted octanol–water partition coefficient (Wildman–Crippen LogP) is 4.82. The van der Waals surface area contributed by atoms with Crippen molar-refractivity contribution < 1.29 is 0 Å². The summed E-state index contributed by atoms with van der Waals surface area (Å²) in [5.74, 6) is 0. The van der Waals surface area contributed by atoms with Gasteiger partial charge in [-0.15, -0.1) is 0 Å². The van der Waals surface area contributed by atoms with Crippen LogP contribution in [0.25, 0.3) is 10.6 Å². The van der Waals surface area contributed by atoms with Crippen LogP contribution in [0.15, 0.2) is 24.5 Å². The van der Waals surface area contributed by atoms with E-state index in [9.17, 15) is 0 Å². The fourth-order valence-electron chi connectivity index (χ4n) is 2.47.